The summed E-state index contributed by atoms with van der Waals surface area (Å²) in [5.41, 5.74) is 1.63. The standard InChI is InChI=1S/C21H21Cl2N5OS/c1-14-13-27(21-24-18(26-30-21)12-15-6-3-2-4-7-15)10-11-28(14)20(29)25-19-16(22)8-5-9-17(19)23/h2-9,14H,10-13H2,1H3,(H,25,29). The summed E-state index contributed by atoms with van der Waals surface area (Å²) in [4.78, 5) is 21.5. The molecule has 1 N–H and O–H groups in total. The van der Waals surface area contributed by atoms with Crippen molar-refractivity contribution < 1.29 is 4.79 Å². The van der Waals surface area contributed by atoms with E-state index in [1.165, 1.54) is 17.1 Å². The minimum absolute atomic E-state index is 0.00138. The van der Waals surface area contributed by atoms with Crippen LogP contribution in [-0.2, 0) is 6.42 Å². The highest BCUT2D eigenvalue weighted by molar-refractivity contribution is 7.09. The molecule has 3 aromatic rings. The van der Waals surface area contributed by atoms with Crippen LogP contribution in [0, 0.1) is 0 Å². The third-order valence-corrected chi connectivity index (χ3v) is 6.46. The van der Waals surface area contributed by atoms with Gasteiger partial charge in [-0.3, -0.25) is 0 Å². The Morgan fingerprint density at radius 2 is 1.87 bits per heavy atom. The van der Waals surface area contributed by atoms with Crippen molar-refractivity contribution in [2.45, 2.75) is 19.4 Å². The average molecular weight is 462 g/mol. The van der Waals surface area contributed by atoms with Crippen molar-refractivity contribution in [3.63, 3.8) is 0 Å². The zero-order valence-corrected chi connectivity index (χ0v) is 18.7. The summed E-state index contributed by atoms with van der Waals surface area (Å²) in [6.45, 7) is 3.96. The Hall–Kier alpha value is -2.35. The lowest BCUT2D eigenvalue weighted by molar-refractivity contribution is 0.185. The molecule has 0 radical (unpaired) electrons. The van der Waals surface area contributed by atoms with Crippen LogP contribution in [0.15, 0.2) is 48.5 Å². The van der Waals surface area contributed by atoms with Gasteiger partial charge < -0.3 is 15.1 Å². The molecule has 1 aliphatic rings. The lowest BCUT2D eigenvalue weighted by atomic mass is 10.1. The van der Waals surface area contributed by atoms with Crippen LogP contribution in [0.3, 0.4) is 0 Å². The van der Waals surface area contributed by atoms with Gasteiger partial charge in [-0.25, -0.2) is 9.78 Å². The lowest BCUT2D eigenvalue weighted by Crippen LogP contribution is -2.55. The Bertz CT molecular complexity index is 1010. The van der Waals surface area contributed by atoms with E-state index in [0.29, 0.717) is 41.8 Å². The highest BCUT2D eigenvalue weighted by Crippen LogP contribution is 2.30. The van der Waals surface area contributed by atoms with E-state index in [1.54, 1.807) is 23.1 Å². The zero-order chi connectivity index (χ0) is 21.1. The second-order valence-corrected chi connectivity index (χ2v) is 8.72. The molecule has 0 aliphatic carbocycles. The van der Waals surface area contributed by atoms with Crippen LogP contribution < -0.4 is 10.2 Å². The molecule has 30 heavy (non-hydrogen) atoms. The van der Waals surface area contributed by atoms with Crippen molar-refractivity contribution >= 4 is 51.6 Å². The zero-order valence-electron chi connectivity index (χ0n) is 16.4. The molecule has 1 unspecified atom stereocenters. The molecule has 156 valence electrons. The Balaban J connectivity index is 1.38. The third-order valence-electron chi connectivity index (χ3n) is 5.02. The Kier molecular flexibility index (Phi) is 6.41. The number of nitrogens with zero attached hydrogens (tertiary/aromatic N) is 4. The van der Waals surface area contributed by atoms with E-state index in [9.17, 15) is 4.79 Å². The van der Waals surface area contributed by atoms with Crippen LogP contribution in [0.1, 0.15) is 18.3 Å². The van der Waals surface area contributed by atoms with E-state index in [1.807, 2.05) is 25.1 Å². The summed E-state index contributed by atoms with van der Waals surface area (Å²) in [5.74, 6) is 0.822. The first-order valence-electron chi connectivity index (χ1n) is 9.64. The fraction of sp³-hybridized carbons (Fsp3) is 0.286. The molecule has 2 aromatic carbocycles. The summed E-state index contributed by atoms with van der Waals surface area (Å²) < 4.78 is 4.51. The Morgan fingerprint density at radius 3 is 2.57 bits per heavy atom. The summed E-state index contributed by atoms with van der Waals surface area (Å²) in [7, 11) is 0. The minimum atomic E-state index is -0.209. The number of carbonyl (C=O) groups excluding carboxylic acids is 1. The largest absolute Gasteiger partial charge is 0.343 e. The van der Waals surface area contributed by atoms with Crippen molar-refractivity contribution in [3.8, 4) is 0 Å². The number of urea groups is 1. The van der Waals surface area contributed by atoms with Gasteiger partial charge in [0.15, 0.2) is 0 Å². The van der Waals surface area contributed by atoms with Gasteiger partial charge in [-0.2, -0.15) is 4.37 Å². The maximum absolute atomic E-state index is 12.8. The summed E-state index contributed by atoms with van der Waals surface area (Å²) in [6, 6.07) is 15.1. The first kappa shape index (κ1) is 20.9. The number of rotatable bonds is 4. The Labute approximate surface area is 189 Å². The van der Waals surface area contributed by atoms with Gasteiger partial charge in [-0.1, -0.05) is 59.6 Å². The van der Waals surface area contributed by atoms with Gasteiger partial charge in [0.2, 0.25) is 5.13 Å². The molecule has 9 heteroatoms. The van der Waals surface area contributed by atoms with Crippen LogP contribution in [0.4, 0.5) is 15.6 Å². The van der Waals surface area contributed by atoms with Gasteiger partial charge >= 0.3 is 6.03 Å². The number of nitrogens with one attached hydrogen (secondary N) is 1. The summed E-state index contributed by atoms with van der Waals surface area (Å²) in [6.07, 6.45) is 0.716. The van der Waals surface area contributed by atoms with E-state index in [0.717, 1.165) is 11.0 Å². The number of carbonyl (C=O) groups is 1. The van der Waals surface area contributed by atoms with E-state index >= 15 is 0 Å². The quantitative estimate of drug-likeness (QED) is 0.581. The number of hydrogen-bond acceptors (Lipinski definition) is 5. The van der Waals surface area contributed by atoms with Gasteiger partial charge in [0.05, 0.1) is 15.7 Å². The maximum Gasteiger partial charge on any atom is 0.322 e. The number of benzene rings is 2. The number of hydrogen-bond donors (Lipinski definition) is 1. The highest BCUT2D eigenvalue weighted by atomic mass is 35.5. The number of amides is 2. The van der Waals surface area contributed by atoms with E-state index < -0.39 is 0 Å². The molecule has 0 spiro atoms. The number of anilines is 2. The fourth-order valence-electron chi connectivity index (χ4n) is 3.45. The van der Waals surface area contributed by atoms with Gasteiger partial charge in [-0.15, -0.1) is 0 Å². The first-order chi connectivity index (χ1) is 14.5. The van der Waals surface area contributed by atoms with Crippen LogP contribution in [0.2, 0.25) is 10.0 Å². The highest BCUT2D eigenvalue weighted by Gasteiger charge is 2.29. The van der Waals surface area contributed by atoms with Gasteiger partial charge in [0.25, 0.3) is 0 Å². The molecule has 1 atom stereocenters. The van der Waals surface area contributed by atoms with E-state index in [4.69, 9.17) is 28.2 Å². The molecule has 0 saturated carbocycles. The van der Waals surface area contributed by atoms with Crippen LogP contribution in [0.5, 0.6) is 0 Å². The molecule has 6 nitrogen and oxygen atoms in total. The number of aromatic nitrogens is 2. The molecular formula is C21H21Cl2N5OS. The molecule has 2 amide bonds. The van der Waals surface area contributed by atoms with Gasteiger partial charge in [0, 0.05) is 43.6 Å². The van der Waals surface area contributed by atoms with Crippen LogP contribution >= 0.6 is 34.7 Å². The molecule has 2 heterocycles. The number of piperazine rings is 1. The Morgan fingerprint density at radius 1 is 1.13 bits per heavy atom. The van der Waals surface area contributed by atoms with Crippen LogP contribution in [-0.4, -0.2) is 46.0 Å². The van der Waals surface area contributed by atoms with Crippen LogP contribution in [0.25, 0.3) is 0 Å². The maximum atomic E-state index is 12.8. The predicted octanol–water partition coefficient (Wildman–Crippen LogP) is 5.18. The monoisotopic (exact) mass is 461 g/mol. The topological polar surface area (TPSA) is 61.4 Å². The first-order valence-corrected chi connectivity index (χ1v) is 11.2. The van der Waals surface area contributed by atoms with E-state index in [-0.39, 0.29) is 12.1 Å². The van der Waals surface area contributed by atoms with Crippen molar-refractivity contribution in [2.75, 3.05) is 29.9 Å². The van der Waals surface area contributed by atoms with Crippen molar-refractivity contribution in [3.05, 3.63) is 70.0 Å². The van der Waals surface area contributed by atoms with E-state index in [2.05, 4.69) is 26.7 Å². The van der Waals surface area contributed by atoms with Crippen molar-refractivity contribution in [2.24, 2.45) is 0 Å². The summed E-state index contributed by atoms with van der Waals surface area (Å²) in [5, 5.41) is 4.57. The SMILES string of the molecule is CC1CN(c2nc(Cc3ccccc3)ns2)CCN1C(=O)Nc1c(Cl)cccc1Cl. The second kappa shape index (κ2) is 9.20. The molecular weight excluding hydrogens is 441 g/mol. The molecule has 1 fully saturated rings. The van der Waals surface area contributed by atoms with Gasteiger partial charge in [0.1, 0.15) is 5.82 Å². The molecule has 4 rings (SSSR count). The smallest absolute Gasteiger partial charge is 0.322 e. The number of para-hydroxylation sites is 1. The minimum Gasteiger partial charge on any atom is -0.343 e. The van der Waals surface area contributed by atoms with Crippen molar-refractivity contribution in [1.82, 2.24) is 14.3 Å². The van der Waals surface area contributed by atoms with Gasteiger partial charge in [-0.05, 0) is 24.6 Å². The number of halogens is 2. The second-order valence-electron chi connectivity index (χ2n) is 7.17. The normalized spacial score (nSPS) is 16.6. The molecule has 0 bridgehead atoms. The average Bonchev–Trinajstić information content (AvgIpc) is 3.20. The molecule has 1 aromatic heterocycles. The third kappa shape index (κ3) is 4.69. The van der Waals surface area contributed by atoms with Crippen molar-refractivity contribution in [1.29, 1.82) is 0 Å². The summed E-state index contributed by atoms with van der Waals surface area (Å²) >= 11 is 13.7. The predicted molar refractivity (Wildman–Crippen MR) is 123 cm³/mol. The molecule has 1 aliphatic heterocycles. The lowest BCUT2D eigenvalue weighted by Gasteiger charge is -2.39. The molecule has 1 saturated heterocycles. The fourth-order valence-corrected chi connectivity index (χ4v) is 4.66.